The van der Waals surface area contributed by atoms with Crippen LogP contribution in [0.2, 0.25) is 0 Å². The molecule has 0 saturated carbocycles. The third kappa shape index (κ3) is 2.15. The second kappa shape index (κ2) is 5.22. The Kier molecular flexibility index (Phi) is 3.24. The lowest BCUT2D eigenvalue weighted by atomic mass is 9.83. The second-order valence-electron chi connectivity index (χ2n) is 4.81. The molecule has 2 N–H and O–H groups in total. The summed E-state index contributed by atoms with van der Waals surface area (Å²) in [5.41, 5.74) is 7.69. The number of nitro benzene ring substituents is 1. The molecule has 0 radical (unpaired) electrons. The first-order chi connectivity index (χ1) is 10.6. The maximum Gasteiger partial charge on any atom is 0.269 e. The molecule has 0 unspecified atom stereocenters. The van der Waals surface area contributed by atoms with E-state index in [1.54, 1.807) is 18.2 Å². The van der Waals surface area contributed by atoms with Crippen LogP contribution >= 0.6 is 0 Å². The fourth-order valence-electron chi connectivity index (χ4n) is 2.54. The Bertz CT molecular complexity index is 819. The van der Waals surface area contributed by atoms with E-state index in [9.17, 15) is 15.4 Å². The SMILES string of the molecule is N#CC1=C(N)Oc2ccccc2[C@H]1c1ccc([N+](=O)[O-])cc1. The molecule has 2 aromatic rings. The van der Waals surface area contributed by atoms with E-state index in [1.165, 1.54) is 12.1 Å². The highest BCUT2D eigenvalue weighted by Gasteiger charge is 2.30. The highest BCUT2D eigenvalue weighted by Crippen LogP contribution is 2.41. The highest BCUT2D eigenvalue weighted by atomic mass is 16.6. The van der Waals surface area contributed by atoms with Gasteiger partial charge in [-0.1, -0.05) is 30.3 Å². The molecule has 0 fully saturated rings. The number of nitro groups is 1. The first-order valence-electron chi connectivity index (χ1n) is 6.52. The maximum atomic E-state index is 10.8. The Hall–Kier alpha value is -3.33. The van der Waals surface area contributed by atoms with Crippen molar-refractivity contribution in [1.29, 1.82) is 5.26 Å². The van der Waals surface area contributed by atoms with Crippen LogP contribution in [0.15, 0.2) is 60.0 Å². The smallest absolute Gasteiger partial charge is 0.269 e. The number of hydrogen-bond donors (Lipinski definition) is 1. The summed E-state index contributed by atoms with van der Waals surface area (Å²) >= 11 is 0. The minimum absolute atomic E-state index is 0.000413. The van der Waals surface area contributed by atoms with Crippen LogP contribution in [-0.2, 0) is 0 Å². The van der Waals surface area contributed by atoms with Gasteiger partial charge in [-0.2, -0.15) is 5.26 Å². The molecule has 108 valence electrons. The summed E-state index contributed by atoms with van der Waals surface area (Å²) < 4.78 is 5.48. The predicted octanol–water partition coefficient (Wildman–Crippen LogP) is 2.81. The number of hydrogen-bond acceptors (Lipinski definition) is 5. The highest BCUT2D eigenvalue weighted by molar-refractivity contribution is 5.56. The van der Waals surface area contributed by atoms with Gasteiger partial charge in [-0.25, -0.2) is 0 Å². The van der Waals surface area contributed by atoms with E-state index in [-0.39, 0.29) is 11.6 Å². The van der Waals surface area contributed by atoms with E-state index in [0.29, 0.717) is 11.3 Å². The van der Waals surface area contributed by atoms with E-state index >= 15 is 0 Å². The van der Waals surface area contributed by atoms with E-state index < -0.39 is 10.8 Å². The minimum Gasteiger partial charge on any atom is -0.440 e. The summed E-state index contributed by atoms with van der Waals surface area (Å²) in [6.45, 7) is 0. The molecule has 0 spiro atoms. The molecule has 0 saturated heterocycles. The molecule has 1 aliphatic rings. The van der Waals surface area contributed by atoms with Crippen molar-refractivity contribution in [2.75, 3.05) is 0 Å². The average Bonchev–Trinajstić information content (AvgIpc) is 2.53. The van der Waals surface area contributed by atoms with Crippen LogP contribution in [0.5, 0.6) is 5.75 Å². The second-order valence-corrected chi connectivity index (χ2v) is 4.81. The Morgan fingerprint density at radius 3 is 2.50 bits per heavy atom. The lowest BCUT2D eigenvalue weighted by molar-refractivity contribution is -0.384. The van der Waals surface area contributed by atoms with Gasteiger partial charge in [0.1, 0.15) is 17.4 Å². The quantitative estimate of drug-likeness (QED) is 0.677. The Morgan fingerprint density at radius 2 is 1.86 bits per heavy atom. The lowest BCUT2D eigenvalue weighted by Gasteiger charge is -2.26. The lowest BCUT2D eigenvalue weighted by Crippen LogP contribution is -2.20. The van der Waals surface area contributed by atoms with Crippen molar-refractivity contribution < 1.29 is 9.66 Å². The topological polar surface area (TPSA) is 102 Å². The van der Waals surface area contributed by atoms with Gasteiger partial charge in [-0.05, 0) is 11.6 Å². The standard InChI is InChI=1S/C16H11N3O3/c17-9-13-15(10-5-7-11(8-6-10)19(20)21)12-3-1-2-4-14(12)22-16(13)18/h1-8,15H,18H2/t15-/m1/s1. The van der Waals surface area contributed by atoms with Crippen molar-refractivity contribution in [1.82, 2.24) is 0 Å². The third-order valence-corrected chi connectivity index (χ3v) is 3.56. The summed E-state index contributed by atoms with van der Waals surface area (Å²) in [5, 5.41) is 20.1. The number of benzene rings is 2. The number of rotatable bonds is 2. The van der Waals surface area contributed by atoms with Crippen LogP contribution in [0.1, 0.15) is 17.0 Å². The van der Waals surface area contributed by atoms with Gasteiger partial charge < -0.3 is 10.5 Å². The monoisotopic (exact) mass is 293 g/mol. The number of para-hydroxylation sites is 1. The summed E-state index contributed by atoms with van der Waals surface area (Å²) in [6.07, 6.45) is 0. The molecule has 3 rings (SSSR count). The fraction of sp³-hybridized carbons (Fsp3) is 0.0625. The van der Waals surface area contributed by atoms with E-state index in [2.05, 4.69) is 6.07 Å². The molecule has 0 aromatic heterocycles. The number of ether oxygens (including phenoxy) is 1. The van der Waals surface area contributed by atoms with Crippen molar-refractivity contribution in [3.05, 3.63) is 81.2 Å². The summed E-state index contributed by atoms with van der Waals surface area (Å²) in [5.74, 6) is 0.252. The molecule has 6 heteroatoms. The van der Waals surface area contributed by atoms with Crippen LogP contribution in [0.25, 0.3) is 0 Å². The molecule has 1 aliphatic heterocycles. The van der Waals surface area contributed by atoms with Crippen LogP contribution in [0, 0.1) is 21.4 Å². The molecule has 0 bridgehead atoms. The van der Waals surface area contributed by atoms with Gasteiger partial charge in [-0.3, -0.25) is 10.1 Å². The zero-order valence-electron chi connectivity index (χ0n) is 11.4. The van der Waals surface area contributed by atoms with Crippen LogP contribution < -0.4 is 10.5 Å². The van der Waals surface area contributed by atoms with Crippen LogP contribution in [0.4, 0.5) is 5.69 Å². The van der Waals surface area contributed by atoms with Crippen LogP contribution in [0.3, 0.4) is 0 Å². The van der Waals surface area contributed by atoms with Crippen molar-refractivity contribution in [2.45, 2.75) is 5.92 Å². The van der Waals surface area contributed by atoms with E-state index in [0.717, 1.165) is 11.1 Å². The Labute approximate surface area is 126 Å². The summed E-state index contributed by atoms with van der Waals surface area (Å²) in [4.78, 5) is 10.3. The summed E-state index contributed by atoms with van der Waals surface area (Å²) in [7, 11) is 0. The maximum absolute atomic E-state index is 10.8. The van der Waals surface area contributed by atoms with Crippen molar-refractivity contribution in [3.63, 3.8) is 0 Å². The molecular formula is C16H11N3O3. The minimum atomic E-state index is -0.461. The molecule has 22 heavy (non-hydrogen) atoms. The Morgan fingerprint density at radius 1 is 1.18 bits per heavy atom. The van der Waals surface area contributed by atoms with E-state index in [1.807, 2.05) is 18.2 Å². The molecule has 0 aliphatic carbocycles. The Balaban J connectivity index is 2.15. The van der Waals surface area contributed by atoms with Crippen molar-refractivity contribution >= 4 is 5.69 Å². The van der Waals surface area contributed by atoms with Gasteiger partial charge in [-0.15, -0.1) is 0 Å². The molecule has 0 amide bonds. The van der Waals surface area contributed by atoms with Gasteiger partial charge in [0.2, 0.25) is 5.88 Å². The molecule has 1 heterocycles. The zero-order valence-corrected chi connectivity index (χ0v) is 11.4. The number of nitrogens with zero attached hydrogens (tertiary/aromatic N) is 2. The first-order valence-corrected chi connectivity index (χ1v) is 6.52. The van der Waals surface area contributed by atoms with Gasteiger partial charge in [0.05, 0.1) is 10.8 Å². The van der Waals surface area contributed by atoms with Gasteiger partial charge in [0, 0.05) is 17.7 Å². The van der Waals surface area contributed by atoms with Gasteiger partial charge in [0.15, 0.2) is 0 Å². The van der Waals surface area contributed by atoms with Crippen molar-refractivity contribution in [2.24, 2.45) is 5.73 Å². The summed E-state index contributed by atoms with van der Waals surface area (Å²) in [6, 6.07) is 15.5. The molecule has 1 atom stereocenters. The van der Waals surface area contributed by atoms with Gasteiger partial charge in [0.25, 0.3) is 5.69 Å². The molecular weight excluding hydrogens is 282 g/mol. The van der Waals surface area contributed by atoms with Crippen molar-refractivity contribution in [3.8, 4) is 11.8 Å². The average molecular weight is 293 g/mol. The van der Waals surface area contributed by atoms with Crippen LogP contribution in [-0.4, -0.2) is 4.92 Å². The number of allylic oxidation sites excluding steroid dienone is 1. The normalized spacial score (nSPS) is 16.4. The third-order valence-electron chi connectivity index (χ3n) is 3.56. The number of nitriles is 1. The number of fused-ring (bicyclic) bond motifs is 1. The van der Waals surface area contributed by atoms with Gasteiger partial charge >= 0.3 is 0 Å². The first kappa shape index (κ1) is 13.6. The predicted molar refractivity (Wildman–Crippen MR) is 78.8 cm³/mol. The number of nitrogens with two attached hydrogens (primary N) is 1. The largest absolute Gasteiger partial charge is 0.440 e. The zero-order chi connectivity index (χ0) is 15.7. The molecule has 6 nitrogen and oxygen atoms in total. The fourth-order valence-corrected chi connectivity index (χ4v) is 2.54. The van der Waals surface area contributed by atoms with E-state index in [4.69, 9.17) is 10.5 Å². The molecule has 2 aromatic carbocycles. The number of non-ortho nitro benzene ring substituents is 1.